The Bertz CT molecular complexity index is 1270. The Balaban J connectivity index is 0.000000451. The number of carbonyl (C=O) groups is 2. The van der Waals surface area contributed by atoms with Gasteiger partial charge in [-0.15, -0.1) is 0 Å². The summed E-state index contributed by atoms with van der Waals surface area (Å²) in [7, 11) is -3.87. The fourth-order valence-electron chi connectivity index (χ4n) is 3.02. The van der Waals surface area contributed by atoms with Gasteiger partial charge in [-0.1, -0.05) is 85.8 Å². The number of amides is 2. The molecule has 10 nitrogen and oxygen atoms in total. The lowest BCUT2D eigenvalue weighted by Gasteiger charge is -2.14. The summed E-state index contributed by atoms with van der Waals surface area (Å²) >= 11 is 0. The number of rotatable bonds is 11. The molecule has 0 aliphatic carbocycles. The molecule has 0 bridgehead atoms. The van der Waals surface area contributed by atoms with Crippen molar-refractivity contribution in [2.45, 2.75) is 58.5 Å². The fraction of sp³-hybridized carbons (Fsp3) is 0.333. The third-order valence-electron chi connectivity index (χ3n) is 5.10. The van der Waals surface area contributed by atoms with Gasteiger partial charge in [-0.25, -0.2) is 9.59 Å². The second kappa shape index (κ2) is 18.4. The lowest BCUT2D eigenvalue weighted by molar-refractivity contribution is 0.129. The van der Waals surface area contributed by atoms with Crippen molar-refractivity contribution in [3.8, 4) is 0 Å². The highest BCUT2D eigenvalue weighted by Crippen LogP contribution is 2.15. The van der Waals surface area contributed by atoms with Crippen LogP contribution in [0.25, 0.3) is 0 Å². The number of hydrogen-bond acceptors (Lipinski definition) is 8. The molecule has 0 aromatic heterocycles. The molecule has 0 saturated carbocycles. The predicted octanol–water partition coefficient (Wildman–Crippen LogP) is 4.94. The van der Waals surface area contributed by atoms with Crippen LogP contribution in [0.15, 0.2) is 89.8 Å². The normalized spacial score (nSPS) is 11.9. The maximum Gasteiger partial charge on any atom is 0.407 e. The first kappa shape index (κ1) is 35.1. The molecule has 41 heavy (non-hydrogen) atoms. The van der Waals surface area contributed by atoms with E-state index in [4.69, 9.17) is 18.8 Å². The second-order valence-electron chi connectivity index (χ2n) is 8.91. The maximum atomic E-state index is 12.1. The van der Waals surface area contributed by atoms with Crippen molar-refractivity contribution in [3.05, 3.63) is 102 Å². The van der Waals surface area contributed by atoms with E-state index in [1.807, 2.05) is 67.6 Å². The van der Waals surface area contributed by atoms with Crippen LogP contribution in [0.3, 0.4) is 0 Å². The average molecular weight is 589 g/mol. The van der Waals surface area contributed by atoms with E-state index >= 15 is 0 Å². The molecule has 3 aromatic rings. The summed E-state index contributed by atoms with van der Waals surface area (Å²) in [5.41, 5.74) is 2.75. The summed E-state index contributed by atoms with van der Waals surface area (Å²) in [6.07, 6.45) is -2.43. The van der Waals surface area contributed by atoms with Gasteiger partial charge in [-0.2, -0.15) is 8.42 Å². The van der Waals surface area contributed by atoms with Gasteiger partial charge in [0.25, 0.3) is 10.1 Å². The van der Waals surface area contributed by atoms with Crippen LogP contribution in [-0.4, -0.2) is 51.0 Å². The largest absolute Gasteiger partial charge is 0.445 e. The van der Waals surface area contributed by atoms with E-state index in [0.29, 0.717) is 0 Å². The Morgan fingerprint density at radius 1 is 0.756 bits per heavy atom. The maximum absolute atomic E-state index is 12.1. The average Bonchev–Trinajstić information content (AvgIpc) is 2.94. The molecular weight excluding hydrogens is 548 g/mol. The van der Waals surface area contributed by atoms with Gasteiger partial charge in [-0.3, -0.25) is 4.18 Å². The van der Waals surface area contributed by atoms with Gasteiger partial charge in [0.05, 0.1) is 17.1 Å². The number of carbonyl (C=O) groups excluding carboxylic acids is 2. The quantitative estimate of drug-likeness (QED) is 0.268. The number of aliphatic hydroxyl groups is 1. The van der Waals surface area contributed by atoms with Gasteiger partial charge >= 0.3 is 12.2 Å². The highest BCUT2D eigenvalue weighted by molar-refractivity contribution is 7.86. The van der Waals surface area contributed by atoms with E-state index in [9.17, 15) is 18.0 Å². The summed E-state index contributed by atoms with van der Waals surface area (Å²) in [6.45, 7) is 5.62. The van der Waals surface area contributed by atoms with E-state index in [-0.39, 0.29) is 38.6 Å². The monoisotopic (exact) mass is 588 g/mol. The van der Waals surface area contributed by atoms with Crippen LogP contribution in [0, 0.1) is 6.92 Å². The molecule has 0 aliphatic heterocycles. The molecule has 0 saturated heterocycles. The standard InChI is InChI=1S/C18H21NO5S.C11H15NO3.CH4/c1-14-8-10-17(11-9-14)25(21,22)24-15(2)12-19-18(20)23-13-16-6-4-3-5-7-16;1-9(13)7-12-11(14)15-8-10-5-3-2-4-6-10;/h3-11,15H,12-13H2,1-2H3,(H,19,20);2-6,9,13H,7-8H2,1H3,(H,12,14);1H4. The molecule has 2 amide bonds. The molecule has 0 radical (unpaired) electrons. The van der Waals surface area contributed by atoms with Crippen LogP contribution in [0.1, 0.15) is 38.0 Å². The molecule has 224 valence electrons. The molecule has 0 spiro atoms. The summed E-state index contributed by atoms with van der Waals surface area (Å²) < 4.78 is 39.3. The lowest BCUT2D eigenvalue weighted by Crippen LogP contribution is -2.33. The smallest absolute Gasteiger partial charge is 0.407 e. The molecule has 3 aromatic carbocycles. The third kappa shape index (κ3) is 14.9. The molecule has 0 fully saturated rings. The van der Waals surface area contributed by atoms with Gasteiger partial charge in [0.1, 0.15) is 13.2 Å². The van der Waals surface area contributed by atoms with E-state index in [1.165, 1.54) is 12.1 Å². The fourth-order valence-corrected chi connectivity index (χ4v) is 4.10. The zero-order valence-electron chi connectivity index (χ0n) is 22.8. The first-order valence-electron chi connectivity index (χ1n) is 12.6. The lowest BCUT2D eigenvalue weighted by atomic mass is 10.2. The minimum Gasteiger partial charge on any atom is -0.445 e. The molecule has 3 rings (SSSR count). The molecule has 3 N–H and O–H groups in total. The number of nitrogens with one attached hydrogen (secondary N) is 2. The molecular formula is C30H40N2O8S. The predicted molar refractivity (Wildman–Crippen MR) is 157 cm³/mol. The van der Waals surface area contributed by atoms with Crippen molar-refractivity contribution in [2.75, 3.05) is 13.1 Å². The highest BCUT2D eigenvalue weighted by Gasteiger charge is 2.19. The summed E-state index contributed by atoms with van der Waals surface area (Å²) in [6, 6.07) is 25.0. The minimum absolute atomic E-state index is 0. The van der Waals surface area contributed by atoms with Crippen LogP contribution in [0.5, 0.6) is 0 Å². The summed E-state index contributed by atoms with van der Waals surface area (Å²) in [5.74, 6) is 0. The summed E-state index contributed by atoms with van der Waals surface area (Å²) in [4.78, 5) is 22.8. The van der Waals surface area contributed by atoms with Crippen LogP contribution >= 0.6 is 0 Å². The van der Waals surface area contributed by atoms with Crippen LogP contribution < -0.4 is 10.6 Å². The van der Waals surface area contributed by atoms with Crippen molar-refractivity contribution in [3.63, 3.8) is 0 Å². The van der Waals surface area contributed by atoms with E-state index in [0.717, 1.165) is 16.7 Å². The molecule has 11 heteroatoms. The molecule has 0 aliphatic rings. The van der Waals surface area contributed by atoms with Crippen molar-refractivity contribution < 1.29 is 36.8 Å². The molecule has 2 unspecified atom stereocenters. The first-order chi connectivity index (χ1) is 19.0. The van der Waals surface area contributed by atoms with Gasteiger partial charge in [0.2, 0.25) is 0 Å². The highest BCUT2D eigenvalue weighted by atomic mass is 32.2. The molecule has 2 atom stereocenters. The van der Waals surface area contributed by atoms with Crippen LogP contribution in [-0.2, 0) is 37.0 Å². The minimum atomic E-state index is -3.87. The topological polar surface area (TPSA) is 140 Å². The van der Waals surface area contributed by atoms with Gasteiger partial charge in [0, 0.05) is 13.1 Å². The van der Waals surface area contributed by atoms with Crippen molar-refractivity contribution >= 4 is 22.3 Å². The number of aliphatic hydroxyl groups excluding tert-OH is 1. The summed E-state index contributed by atoms with van der Waals surface area (Å²) in [5, 5.41) is 13.8. The van der Waals surface area contributed by atoms with Gasteiger partial charge < -0.3 is 25.2 Å². The first-order valence-corrected chi connectivity index (χ1v) is 14.0. The van der Waals surface area contributed by atoms with Crippen LogP contribution in [0.2, 0.25) is 0 Å². The van der Waals surface area contributed by atoms with Gasteiger partial charge in [0.15, 0.2) is 0 Å². The van der Waals surface area contributed by atoms with Crippen molar-refractivity contribution in [1.82, 2.24) is 10.6 Å². The SMILES string of the molecule is C.CC(O)CNC(=O)OCc1ccccc1.Cc1ccc(S(=O)(=O)OC(C)CNC(=O)OCc2ccccc2)cc1. The van der Waals surface area contributed by atoms with E-state index < -0.39 is 34.5 Å². The number of hydrogen-bond donors (Lipinski definition) is 3. The zero-order chi connectivity index (χ0) is 29.4. The number of ether oxygens (including phenoxy) is 2. The number of benzene rings is 3. The Morgan fingerprint density at radius 3 is 1.63 bits per heavy atom. The Labute approximate surface area is 242 Å². The number of aryl methyl sites for hydroxylation is 1. The Morgan fingerprint density at radius 2 is 1.20 bits per heavy atom. The van der Waals surface area contributed by atoms with Gasteiger partial charge in [-0.05, 0) is 44.0 Å². The molecule has 0 heterocycles. The van der Waals surface area contributed by atoms with Crippen LogP contribution in [0.4, 0.5) is 9.59 Å². The van der Waals surface area contributed by atoms with E-state index in [1.54, 1.807) is 26.0 Å². The second-order valence-corrected chi connectivity index (χ2v) is 10.5. The Hall–Kier alpha value is -3.93. The Kier molecular flexibility index (Phi) is 15.8. The third-order valence-corrected chi connectivity index (χ3v) is 6.53. The zero-order valence-corrected chi connectivity index (χ0v) is 23.6. The van der Waals surface area contributed by atoms with Crippen molar-refractivity contribution in [2.24, 2.45) is 0 Å². The number of alkyl carbamates (subject to hydrolysis) is 2. The van der Waals surface area contributed by atoms with Crippen molar-refractivity contribution in [1.29, 1.82) is 0 Å². The van der Waals surface area contributed by atoms with E-state index in [2.05, 4.69) is 10.6 Å².